The number of aryl methyl sites for hydroxylation is 1. The van der Waals surface area contributed by atoms with E-state index in [-0.39, 0.29) is 23.7 Å². The molecule has 5 heterocycles. The summed E-state index contributed by atoms with van der Waals surface area (Å²) in [6.07, 6.45) is 5.73. The largest absolute Gasteiger partial charge is 0.359 e. The van der Waals surface area contributed by atoms with Gasteiger partial charge in [0.1, 0.15) is 17.2 Å². The van der Waals surface area contributed by atoms with Crippen molar-refractivity contribution in [3.8, 4) is 0 Å². The van der Waals surface area contributed by atoms with Crippen molar-refractivity contribution in [1.82, 2.24) is 24.2 Å². The third kappa shape index (κ3) is 4.73. The molecule has 2 bridgehead atoms. The Kier molecular flexibility index (Phi) is 6.90. The fraction of sp³-hybridized carbons (Fsp3) is 0.567. The average Bonchev–Trinajstić information content (AvgIpc) is 3.71. The number of benzene rings is 1. The van der Waals surface area contributed by atoms with Crippen LogP contribution in [0.3, 0.4) is 0 Å². The van der Waals surface area contributed by atoms with Crippen molar-refractivity contribution in [2.45, 2.75) is 69.0 Å². The van der Waals surface area contributed by atoms with Crippen molar-refractivity contribution in [2.24, 2.45) is 5.73 Å². The zero-order valence-corrected chi connectivity index (χ0v) is 25.0. The first-order valence-corrected chi connectivity index (χ1v) is 16.9. The molecule has 3 aromatic rings. The smallest absolute Gasteiger partial charge is 0.249 e. The Morgan fingerprint density at radius 1 is 1.05 bits per heavy atom. The van der Waals surface area contributed by atoms with Crippen LogP contribution in [-0.2, 0) is 26.8 Å². The lowest BCUT2D eigenvalue weighted by atomic mass is 9.88. The first-order valence-electron chi connectivity index (χ1n) is 15.3. The van der Waals surface area contributed by atoms with E-state index in [0.717, 1.165) is 72.9 Å². The number of piperidine rings is 1. The number of nitrogens with zero attached hydrogens (tertiary/aromatic N) is 6. The summed E-state index contributed by atoms with van der Waals surface area (Å²) in [5, 5.41) is 5.08. The minimum Gasteiger partial charge on any atom is -0.359 e. The number of carbonyl (C=O) groups excluding carboxylic acids is 1. The molecular formula is C30H40N8O3S. The Morgan fingerprint density at radius 2 is 1.88 bits per heavy atom. The van der Waals surface area contributed by atoms with Crippen molar-refractivity contribution < 1.29 is 13.2 Å². The fourth-order valence-electron chi connectivity index (χ4n) is 7.34. The zero-order chi connectivity index (χ0) is 29.1. The molecular weight excluding hydrogens is 552 g/mol. The minimum absolute atomic E-state index is 0.0322. The van der Waals surface area contributed by atoms with Crippen LogP contribution in [0.4, 0.5) is 11.6 Å². The third-order valence-corrected chi connectivity index (χ3v) is 11.0. The predicted octanol–water partition coefficient (Wildman–Crippen LogP) is 2.31. The Hall–Kier alpha value is -3.22. The number of carbonyl (C=O) groups is 1. The van der Waals surface area contributed by atoms with Crippen molar-refractivity contribution in [3.05, 3.63) is 53.2 Å². The second kappa shape index (κ2) is 10.5. The Bertz CT molecular complexity index is 1620. The van der Waals surface area contributed by atoms with Crippen LogP contribution in [-0.4, -0.2) is 78.8 Å². The van der Waals surface area contributed by atoms with Gasteiger partial charge >= 0.3 is 0 Å². The maximum absolute atomic E-state index is 14.7. The molecule has 3 atom stereocenters. The number of amides is 1. The molecule has 2 saturated heterocycles. The van der Waals surface area contributed by atoms with E-state index in [9.17, 15) is 13.2 Å². The van der Waals surface area contributed by atoms with Crippen LogP contribution in [0.5, 0.6) is 0 Å². The maximum atomic E-state index is 14.7. The Morgan fingerprint density at radius 3 is 2.71 bits per heavy atom. The molecule has 2 aromatic heterocycles. The molecule has 42 heavy (non-hydrogen) atoms. The lowest BCUT2D eigenvalue weighted by Gasteiger charge is -2.41. The van der Waals surface area contributed by atoms with Gasteiger partial charge in [-0.3, -0.25) is 4.79 Å². The third-order valence-electron chi connectivity index (χ3n) is 9.56. The lowest BCUT2D eigenvalue weighted by molar-refractivity contribution is -0.142. The number of hydrogen-bond acceptors (Lipinski definition) is 8. The molecule has 4 aliphatic rings. The normalized spacial score (nSPS) is 28.2. The summed E-state index contributed by atoms with van der Waals surface area (Å²) >= 11 is 0. The summed E-state index contributed by atoms with van der Waals surface area (Å²) in [7, 11) is -1.72. The van der Waals surface area contributed by atoms with Gasteiger partial charge in [-0.25, -0.2) is 13.4 Å². The van der Waals surface area contributed by atoms with Gasteiger partial charge < -0.3 is 20.4 Å². The average molecular weight is 593 g/mol. The topological polar surface area (TPSA) is 129 Å². The van der Waals surface area contributed by atoms with Gasteiger partial charge in [0, 0.05) is 51.4 Å². The first kappa shape index (κ1) is 27.6. The second-order valence-corrected chi connectivity index (χ2v) is 14.3. The van der Waals surface area contributed by atoms with E-state index < -0.39 is 15.6 Å². The number of rotatable bonds is 1. The van der Waals surface area contributed by atoms with E-state index in [1.165, 1.54) is 0 Å². The highest BCUT2D eigenvalue weighted by Gasteiger charge is 2.51. The molecule has 1 amide bonds. The number of sulfonamides is 1. The maximum Gasteiger partial charge on any atom is 0.249 e. The van der Waals surface area contributed by atoms with Gasteiger partial charge in [0.05, 0.1) is 17.5 Å². The van der Waals surface area contributed by atoms with Gasteiger partial charge in [-0.15, -0.1) is 0 Å². The van der Waals surface area contributed by atoms with Gasteiger partial charge in [-0.2, -0.15) is 14.3 Å². The van der Waals surface area contributed by atoms with Gasteiger partial charge in [0.2, 0.25) is 15.9 Å². The fourth-order valence-corrected chi connectivity index (χ4v) is 8.85. The molecule has 3 unspecified atom stereocenters. The van der Waals surface area contributed by atoms with Gasteiger partial charge in [0.15, 0.2) is 5.65 Å². The number of anilines is 2. The van der Waals surface area contributed by atoms with E-state index in [1.807, 2.05) is 46.8 Å². The molecule has 224 valence electrons. The van der Waals surface area contributed by atoms with Crippen LogP contribution in [0.1, 0.15) is 67.8 Å². The molecule has 1 aromatic carbocycles. The van der Waals surface area contributed by atoms with Gasteiger partial charge in [-0.05, 0) is 62.5 Å². The van der Waals surface area contributed by atoms with E-state index in [0.29, 0.717) is 38.8 Å². The van der Waals surface area contributed by atoms with E-state index in [4.69, 9.17) is 15.8 Å². The molecule has 11 nitrogen and oxygen atoms in total. The molecule has 7 rings (SSSR count). The number of nitrogens with one attached hydrogen (secondary N) is 1. The molecule has 12 heteroatoms. The van der Waals surface area contributed by atoms with Crippen LogP contribution in [0.25, 0.3) is 5.65 Å². The number of nitrogens with two attached hydrogens (primary N) is 1. The number of aromatic nitrogens is 3. The van der Waals surface area contributed by atoms with E-state index in [1.54, 1.807) is 0 Å². The quantitative estimate of drug-likeness (QED) is 0.441. The van der Waals surface area contributed by atoms with E-state index in [2.05, 4.69) is 20.6 Å². The SMILES string of the molecule is CN1CCCCS(=O)(=O)NC2(CCc3ccccc32)C(=O)N2CCCCC2c2cc3nc(N4CCC(N)C4)cc1n3n2. The van der Waals surface area contributed by atoms with Crippen LogP contribution in [0, 0.1) is 0 Å². The molecule has 0 saturated carbocycles. The summed E-state index contributed by atoms with van der Waals surface area (Å²) < 4.78 is 32.1. The predicted molar refractivity (Wildman–Crippen MR) is 162 cm³/mol. The van der Waals surface area contributed by atoms with Crippen molar-refractivity contribution in [1.29, 1.82) is 0 Å². The minimum atomic E-state index is -3.74. The van der Waals surface area contributed by atoms with E-state index >= 15 is 0 Å². The number of hydrogen-bond donors (Lipinski definition) is 2. The molecule has 3 aliphatic heterocycles. The van der Waals surface area contributed by atoms with Crippen LogP contribution >= 0.6 is 0 Å². The molecule has 3 N–H and O–H groups in total. The first-order chi connectivity index (χ1) is 20.2. The van der Waals surface area contributed by atoms with Crippen LogP contribution in [0.2, 0.25) is 0 Å². The Labute approximate surface area is 247 Å². The lowest BCUT2D eigenvalue weighted by Crippen LogP contribution is -2.58. The van der Waals surface area contributed by atoms with Crippen LogP contribution in [0.15, 0.2) is 36.4 Å². The molecule has 2 fully saturated rings. The summed E-state index contributed by atoms with van der Waals surface area (Å²) in [4.78, 5) is 26.0. The molecule has 1 aliphatic carbocycles. The van der Waals surface area contributed by atoms with Crippen molar-refractivity contribution in [2.75, 3.05) is 48.8 Å². The summed E-state index contributed by atoms with van der Waals surface area (Å²) in [6, 6.07) is 11.7. The molecule has 1 spiro atoms. The van der Waals surface area contributed by atoms with Gasteiger partial charge in [0.25, 0.3) is 0 Å². The summed E-state index contributed by atoms with van der Waals surface area (Å²) in [6.45, 7) is 2.83. The highest BCUT2D eigenvalue weighted by molar-refractivity contribution is 7.89. The second-order valence-electron chi connectivity index (χ2n) is 12.4. The van der Waals surface area contributed by atoms with Crippen LogP contribution < -0.4 is 20.3 Å². The highest BCUT2D eigenvalue weighted by atomic mass is 32.2. The molecule has 0 radical (unpaired) electrons. The van der Waals surface area contributed by atoms with Crippen molar-refractivity contribution in [3.63, 3.8) is 0 Å². The summed E-state index contributed by atoms with van der Waals surface area (Å²) in [5.41, 5.74) is 8.26. The van der Waals surface area contributed by atoms with Crippen molar-refractivity contribution >= 4 is 33.2 Å². The standard InChI is InChI=1S/C30H40N8O3S/c1-35-14-6-7-17-42(40,41)34-30(13-11-21-8-2-3-9-23(21)30)29(39)37-15-5-4-10-25(37)24-18-27-32-26(19-28(35)38(27)33-24)36-16-12-22(31)20-36/h2-3,8-9,18-19,22,25,34H,4-7,10-17,20,31H2,1H3. The Balaban J connectivity index is 1.36. The van der Waals surface area contributed by atoms with Gasteiger partial charge in [-0.1, -0.05) is 24.3 Å². The zero-order valence-electron chi connectivity index (χ0n) is 24.2. The summed E-state index contributed by atoms with van der Waals surface area (Å²) in [5.74, 6) is 1.56. The monoisotopic (exact) mass is 592 g/mol. The highest BCUT2D eigenvalue weighted by Crippen LogP contribution is 2.43. The number of fused-ring (bicyclic) bond motifs is 5.